The molecule has 5 nitrogen and oxygen atoms in total. The lowest BCUT2D eigenvalue weighted by molar-refractivity contribution is -0.137. The first-order valence-corrected chi connectivity index (χ1v) is 10.8. The van der Waals surface area contributed by atoms with Crippen LogP contribution in [0, 0.1) is 0 Å². The van der Waals surface area contributed by atoms with Crippen LogP contribution >= 0.6 is 0 Å². The number of hydrogen-bond donors (Lipinski definition) is 1. The van der Waals surface area contributed by atoms with Crippen molar-refractivity contribution in [1.82, 2.24) is 4.98 Å². The normalized spacial score (nSPS) is 12.0. The van der Waals surface area contributed by atoms with Gasteiger partial charge in [0.25, 0.3) is 5.91 Å². The molecule has 0 bridgehead atoms. The third-order valence-corrected chi connectivity index (χ3v) is 6.62. The van der Waals surface area contributed by atoms with Crippen molar-refractivity contribution in [3.8, 4) is 0 Å². The van der Waals surface area contributed by atoms with Gasteiger partial charge in [0.1, 0.15) is 0 Å². The number of carbonyl (C=O) groups is 1. The van der Waals surface area contributed by atoms with Crippen LogP contribution in [0.5, 0.6) is 0 Å². The van der Waals surface area contributed by atoms with Gasteiger partial charge in [0.2, 0.25) is 9.84 Å². The fourth-order valence-corrected chi connectivity index (χ4v) is 4.67. The SMILES string of the molecule is O=C(Nc1ccc(S(=O)(=O)c2ccc(C(F)(F)F)cc2)c2cccnc12)c1ccccc1. The van der Waals surface area contributed by atoms with E-state index >= 15 is 0 Å². The molecule has 0 aliphatic heterocycles. The Labute approximate surface area is 181 Å². The Morgan fingerprint density at radius 1 is 0.844 bits per heavy atom. The maximum atomic E-state index is 13.2. The number of sulfone groups is 1. The number of aromatic nitrogens is 1. The van der Waals surface area contributed by atoms with Crippen molar-refractivity contribution >= 4 is 32.3 Å². The second kappa shape index (κ2) is 8.08. The van der Waals surface area contributed by atoms with Crippen LogP contribution in [0.2, 0.25) is 0 Å². The molecule has 0 aliphatic carbocycles. The highest BCUT2D eigenvalue weighted by molar-refractivity contribution is 7.91. The summed E-state index contributed by atoms with van der Waals surface area (Å²) in [5, 5.41) is 2.96. The second-order valence-electron chi connectivity index (χ2n) is 6.86. The van der Waals surface area contributed by atoms with E-state index in [2.05, 4.69) is 10.3 Å². The van der Waals surface area contributed by atoms with Crippen LogP contribution in [0.1, 0.15) is 15.9 Å². The molecule has 32 heavy (non-hydrogen) atoms. The fourth-order valence-electron chi connectivity index (χ4n) is 3.22. The van der Waals surface area contributed by atoms with Crippen molar-refractivity contribution in [3.63, 3.8) is 0 Å². The van der Waals surface area contributed by atoms with Gasteiger partial charge in [-0.25, -0.2) is 8.42 Å². The fraction of sp³-hybridized carbons (Fsp3) is 0.0435. The molecule has 1 amide bonds. The van der Waals surface area contributed by atoms with Crippen LogP contribution in [0.3, 0.4) is 0 Å². The molecule has 0 atom stereocenters. The van der Waals surface area contributed by atoms with Gasteiger partial charge in [-0.15, -0.1) is 0 Å². The minimum Gasteiger partial charge on any atom is -0.320 e. The molecule has 4 aromatic rings. The molecule has 1 heterocycles. The second-order valence-corrected chi connectivity index (χ2v) is 8.77. The van der Waals surface area contributed by atoms with E-state index in [4.69, 9.17) is 0 Å². The number of benzene rings is 3. The summed E-state index contributed by atoms with van der Waals surface area (Å²) in [6.07, 6.45) is -3.12. The first-order valence-electron chi connectivity index (χ1n) is 9.34. The van der Waals surface area contributed by atoms with E-state index in [9.17, 15) is 26.4 Å². The molecule has 9 heteroatoms. The van der Waals surface area contributed by atoms with Crippen molar-refractivity contribution < 1.29 is 26.4 Å². The van der Waals surface area contributed by atoms with Gasteiger partial charge in [-0.2, -0.15) is 13.2 Å². The maximum Gasteiger partial charge on any atom is 0.416 e. The number of carbonyl (C=O) groups excluding carboxylic acids is 1. The highest BCUT2D eigenvalue weighted by atomic mass is 32.2. The average molecular weight is 456 g/mol. The number of hydrogen-bond acceptors (Lipinski definition) is 4. The van der Waals surface area contributed by atoms with E-state index in [0.29, 0.717) is 11.3 Å². The quantitative estimate of drug-likeness (QED) is 0.450. The average Bonchev–Trinajstić information content (AvgIpc) is 2.79. The Morgan fingerprint density at radius 3 is 2.19 bits per heavy atom. The smallest absolute Gasteiger partial charge is 0.320 e. The van der Waals surface area contributed by atoms with Gasteiger partial charge in [0, 0.05) is 17.1 Å². The molecule has 0 spiro atoms. The maximum absolute atomic E-state index is 13.2. The van der Waals surface area contributed by atoms with Gasteiger partial charge in [0.05, 0.1) is 26.6 Å². The number of fused-ring (bicyclic) bond motifs is 1. The van der Waals surface area contributed by atoms with Crippen LogP contribution < -0.4 is 5.32 Å². The van der Waals surface area contributed by atoms with Crippen molar-refractivity contribution in [2.45, 2.75) is 16.0 Å². The van der Waals surface area contributed by atoms with E-state index in [-0.39, 0.29) is 20.7 Å². The molecule has 162 valence electrons. The summed E-state index contributed by atoms with van der Waals surface area (Å²) in [5.74, 6) is -0.393. The Morgan fingerprint density at radius 2 is 1.53 bits per heavy atom. The van der Waals surface area contributed by atoms with E-state index in [1.54, 1.807) is 30.3 Å². The molecule has 0 fully saturated rings. The van der Waals surface area contributed by atoms with E-state index in [1.165, 1.54) is 30.5 Å². The number of nitrogens with zero attached hydrogens (tertiary/aromatic N) is 1. The topological polar surface area (TPSA) is 76.1 Å². The van der Waals surface area contributed by atoms with E-state index < -0.39 is 27.5 Å². The van der Waals surface area contributed by atoms with Crippen LogP contribution in [0.4, 0.5) is 18.9 Å². The molecule has 0 unspecified atom stereocenters. The van der Waals surface area contributed by atoms with Gasteiger partial charge in [0.15, 0.2) is 0 Å². The van der Waals surface area contributed by atoms with Crippen LogP contribution in [-0.4, -0.2) is 19.3 Å². The molecule has 0 radical (unpaired) electrons. The Hall–Kier alpha value is -3.72. The number of amides is 1. The van der Waals surface area contributed by atoms with Gasteiger partial charge < -0.3 is 5.32 Å². The predicted octanol–water partition coefficient (Wildman–Crippen LogP) is 5.34. The first kappa shape index (κ1) is 21.5. The van der Waals surface area contributed by atoms with E-state index in [0.717, 1.165) is 24.3 Å². The minimum atomic E-state index is -4.57. The number of pyridine rings is 1. The number of nitrogens with one attached hydrogen (secondary N) is 1. The molecule has 1 N–H and O–H groups in total. The Bertz CT molecular complexity index is 1400. The highest BCUT2D eigenvalue weighted by Crippen LogP contribution is 2.34. The van der Waals surface area contributed by atoms with Crippen LogP contribution in [0.15, 0.2) is 94.9 Å². The zero-order chi connectivity index (χ0) is 22.9. The third-order valence-electron chi connectivity index (χ3n) is 4.80. The van der Waals surface area contributed by atoms with Crippen molar-refractivity contribution in [1.29, 1.82) is 0 Å². The molecule has 1 aromatic heterocycles. The molecular formula is C23H15F3N2O3S. The zero-order valence-corrected chi connectivity index (χ0v) is 17.1. The highest BCUT2D eigenvalue weighted by Gasteiger charge is 2.31. The molecule has 0 aliphatic rings. The van der Waals surface area contributed by atoms with Crippen LogP contribution in [-0.2, 0) is 16.0 Å². The van der Waals surface area contributed by atoms with Crippen molar-refractivity contribution in [2.24, 2.45) is 0 Å². The lowest BCUT2D eigenvalue weighted by Gasteiger charge is -2.13. The number of halogens is 3. The minimum absolute atomic E-state index is 0.127. The van der Waals surface area contributed by atoms with Gasteiger partial charge >= 0.3 is 6.18 Å². The molecular weight excluding hydrogens is 441 g/mol. The summed E-state index contributed by atoms with van der Waals surface area (Å²) in [6.45, 7) is 0. The lowest BCUT2D eigenvalue weighted by atomic mass is 10.1. The Balaban J connectivity index is 1.76. The van der Waals surface area contributed by atoms with Gasteiger partial charge in [-0.1, -0.05) is 18.2 Å². The zero-order valence-electron chi connectivity index (χ0n) is 16.3. The summed E-state index contributed by atoms with van der Waals surface area (Å²) in [5.41, 5.74) is 0.0190. The summed E-state index contributed by atoms with van der Waals surface area (Å²) >= 11 is 0. The summed E-state index contributed by atoms with van der Waals surface area (Å²) < 4.78 is 64.8. The van der Waals surface area contributed by atoms with Crippen molar-refractivity contribution in [3.05, 3.63) is 96.2 Å². The number of rotatable bonds is 4. The lowest BCUT2D eigenvalue weighted by Crippen LogP contribution is -2.13. The number of alkyl halides is 3. The standard InChI is InChI=1S/C23H15F3N2O3S/c24-23(25,26)16-8-10-17(11-9-16)32(30,31)20-13-12-19(21-18(20)7-4-14-27-21)28-22(29)15-5-2-1-3-6-15/h1-14H,(H,28,29). The van der Waals surface area contributed by atoms with Gasteiger partial charge in [-0.3, -0.25) is 9.78 Å². The number of anilines is 1. The summed E-state index contributed by atoms with van der Waals surface area (Å²) in [4.78, 5) is 16.3. The van der Waals surface area contributed by atoms with E-state index in [1.807, 2.05) is 0 Å². The Kier molecular flexibility index (Phi) is 5.43. The van der Waals surface area contributed by atoms with Crippen molar-refractivity contribution in [2.75, 3.05) is 5.32 Å². The molecule has 0 saturated carbocycles. The largest absolute Gasteiger partial charge is 0.416 e. The molecule has 0 saturated heterocycles. The summed E-state index contributed by atoms with van der Waals surface area (Å²) in [6, 6.07) is 17.5. The predicted molar refractivity (Wildman–Crippen MR) is 113 cm³/mol. The molecule has 4 rings (SSSR count). The van der Waals surface area contributed by atoms with Crippen LogP contribution in [0.25, 0.3) is 10.9 Å². The third kappa shape index (κ3) is 4.06. The monoisotopic (exact) mass is 456 g/mol. The summed E-state index contributed by atoms with van der Waals surface area (Å²) in [7, 11) is -4.15. The first-order chi connectivity index (χ1) is 15.2. The van der Waals surface area contributed by atoms with Gasteiger partial charge in [-0.05, 0) is 60.7 Å². The molecule has 3 aromatic carbocycles.